The number of cyclic esters (lactones) is 1. The lowest BCUT2D eigenvalue weighted by Crippen LogP contribution is -2.37. The second-order valence-corrected chi connectivity index (χ2v) is 5.86. The molecule has 2 aromatic rings. The van der Waals surface area contributed by atoms with Crippen LogP contribution in [-0.4, -0.2) is 48.1 Å². The Morgan fingerprint density at radius 3 is 3.04 bits per heavy atom. The maximum absolute atomic E-state index is 12.2. The molecule has 6 nitrogen and oxygen atoms in total. The molecule has 1 atom stereocenters. The molecule has 0 bridgehead atoms. The summed E-state index contributed by atoms with van der Waals surface area (Å²) < 4.78 is 4.85. The van der Waals surface area contributed by atoms with Gasteiger partial charge in [0.25, 0.3) is 0 Å². The first-order valence-electron chi connectivity index (χ1n) is 7.89. The average molecular weight is 315 g/mol. The van der Waals surface area contributed by atoms with Crippen LogP contribution >= 0.6 is 0 Å². The fraction of sp³-hybridized carbons (Fsp3) is 0.412. The van der Waals surface area contributed by atoms with Gasteiger partial charge in [0.15, 0.2) is 0 Å². The fourth-order valence-corrected chi connectivity index (χ4v) is 2.84. The number of nitrogens with one attached hydrogen (secondary N) is 2. The van der Waals surface area contributed by atoms with Crippen molar-refractivity contribution in [2.45, 2.75) is 13.3 Å². The number of benzene rings is 1. The lowest BCUT2D eigenvalue weighted by Gasteiger charge is -2.15. The number of carbonyl (C=O) groups is 2. The second kappa shape index (κ2) is 6.73. The summed E-state index contributed by atoms with van der Waals surface area (Å²) in [5.41, 5.74) is 2.23. The lowest BCUT2D eigenvalue weighted by molar-refractivity contribution is -0.124. The molecule has 0 spiro atoms. The number of amides is 2. The highest BCUT2D eigenvalue weighted by Gasteiger charge is 2.22. The first-order valence-corrected chi connectivity index (χ1v) is 7.89. The average Bonchev–Trinajstić information content (AvgIpc) is 3.14. The van der Waals surface area contributed by atoms with Gasteiger partial charge in [0.1, 0.15) is 6.61 Å². The Morgan fingerprint density at radius 2 is 2.26 bits per heavy atom. The molecule has 1 aliphatic heterocycles. The molecule has 1 unspecified atom stereocenters. The number of hydrogen-bond acceptors (Lipinski definition) is 3. The normalized spacial score (nSPS) is 15.7. The number of aromatic nitrogens is 1. The van der Waals surface area contributed by atoms with Crippen LogP contribution < -0.4 is 5.32 Å². The van der Waals surface area contributed by atoms with Gasteiger partial charge >= 0.3 is 6.09 Å². The van der Waals surface area contributed by atoms with Crippen LogP contribution in [0.15, 0.2) is 30.5 Å². The molecule has 0 aliphatic carbocycles. The SMILES string of the molecule is CC(Cc1c[nH]c2ccccc12)C(=O)NCCN1CCOC1=O. The Morgan fingerprint density at radius 1 is 1.43 bits per heavy atom. The standard InChI is InChI=1S/C17H21N3O3/c1-12(10-13-11-19-15-5-3-2-4-14(13)15)16(21)18-6-7-20-8-9-23-17(20)22/h2-5,11-12,19H,6-10H2,1H3,(H,18,21). The highest BCUT2D eigenvalue weighted by molar-refractivity contribution is 5.84. The lowest BCUT2D eigenvalue weighted by atomic mass is 10.00. The number of carbonyl (C=O) groups excluding carboxylic acids is 2. The Bertz CT molecular complexity index is 710. The van der Waals surface area contributed by atoms with Crippen LogP contribution in [0.1, 0.15) is 12.5 Å². The van der Waals surface area contributed by atoms with Crippen LogP contribution in [0.25, 0.3) is 10.9 Å². The minimum Gasteiger partial charge on any atom is -0.448 e. The summed E-state index contributed by atoms with van der Waals surface area (Å²) in [6, 6.07) is 8.07. The van der Waals surface area contributed by atoms with E-state index < -0.39 is 0 Å². The monoisotopic (exact) mass is 315 g/mol. The van der Waals surface area contributed by atoms with E-state index >= 15 is 0 Å². The number of fused-ring (bicyclic) bond motifs is 1. The summed E-state index contributed by atoms with van der Waals surface area (Å²) in [5.74, 6) is -0.123. The zero-order valence-electron chi connectivity index (χ0n) is 13.2. The largest absolute Gasteiger partial charge is 0.448 e. The number of hydrogen-bond donors (Lipinski definition) is 2. The van der Waals surface area contributed by atoms with E-state index in [1.165, 1.54) is 0 Å². The van der Waals surface area contributed by atoms with Crippen LogP contribution in [0, 0.1) is 5.92 Å². The zero-order chi connectivity index (χ0) is 16.2. The van der Waals surface area contributed by atoms with E-state index in [4.69, 9.17) is 4.74 Å². The predicted molar refractivity (Wildman–Crippen MR) is 87.1 cm³/mol. The third kappa shape index (κ3) is 3.47. The summed E-state index contributed by atoms with van der Waals surface area (Å²) in [7, 11) is 0. The van der Waals surface area contributed by atoms with E-state index in [9.17, 15) is 9.59 Å². The summed E-state index contributed by atoms with van der Waals surface area (Å²) >= 11 is 0. The second-order valence-electron chi connectivity index (χ2n) is 5.86. The van der Waals surface area contributed by atoms with Crippen molar-refractivity contribution in [2.24, 2.45) is 5.92 Å². The first-order chi connectivity index (χ1) is 11.1. The van der Waals surface area contributed by atoms with Gasteiger partial charge in [0, 0.05) is 36.1 Å². The quantitative estimate of drug-likeness (QED) is 0.855. The Kier molecular flexibility index (Phi) is 4.50. The van der Waals surface area contributed by atoms with Crippen LogP contribution in [-0.2, 0) is 16.0 Å². The summed E-state index contributed by atoms with van der Waals surface area (Å²) in [4.78, 5) is 28.3. The minimum atomic E-state index is -0.300. The Hall–Kier alpha value is -2.50. The molecule has 0 radical (unpaired) electrons. The molecule has 1 fully saturated rings. The maximum Gasteiger partial charge on any atom is 0.409 e. The number of aromatic amines is 1. The molecule has 6 heteroatoms. The van der Waals surface area contributed by atoms with Crippen molar-refractivity contribution in [3.05, 3.63) is 36.0 Å². The molecule has 3 rings (SSSR count). The molecule has 1 aromatic heterocycles. The van der Waals surface area contributed by atoms with Gasteiger partial charge in [-0.1, -0.05) is 25.1 Å². The van der Waals surface area contributed by atoms with E-state index in [0.717, 1.165) is 16.5 Å². The highest BCUT2D eigenvalue weighted by atomic mass is 16.6. The van der Waals surface area contributed by atoms with E-state index in [2.05, 4.69) is 16.4 Å². The summed E-state index contributed by atoms with van der Waals surface area (Å²) in [5, 5.41) is 4.05. The third-order valence-corrected chi connectivity index (χ3v) is 4.17. The summed E-state index contributed by atoms with van der Waals surface area (Å²) in [6.45, 7) is 3.89. The van der Waals surface area contributed by atoms with Gasteiger partial charge in [-0.2, -0.15) is 0 Å². The molecule has 1 saturated heterocycles. The molecule has 0 saturated carbocycles. The first kappa shape index (κ1) is 15.4. The van der Waals surface area contributed by atoms with Crippen LogP contribution in [0.2, 0.25) is 0 Å². The highest BCUT2D eigenvalue weighted by Crippen LogP contribution is 2.20. The maximum atomic E-state index is 12.2. The topological polar surface area (TPSA) is 74.4 Å². The molecule has 2 amide bonds. The van der Waals surface area contributed by atoms with Crippen LogP contribution in [0.3, 0.4) is 0 Å². The van der Waals surface area contributed by atoms with Gasteiger partial charge in [0.05, 0.1) is 6.54 Å². The van der Waals surface area contributed by atoms with Gasteiger partial charge in [0.2, 0.25) is 5.91 Å². The predicted octanol–water partition coefficient (Wildman–Crippen LogP) is 1.91. The van der Waals surface area contributed by atoms with Gasteiger partial charge < -0.3 is 19.9 Å². The van der Waals surface area contributed by atoms with Gasteiger partial charge in [-0.15, -0.1) is 0 Å². The number of rotatable bonds is 6. The Labute approximate surface area is 134 Å². The number of para-hydroxylation sites is 1. The number of ether oxygens (including phenoxy) is 1. The van der Waals surface area contributed by atoms with Crippen molar-refractivity contribution in [2.75, 3.05) is 26.2 Å². The molecule has 2 N–H and O–H groups in total. The molecule has 23 heavy (non-hydrogen) atoms. The molecule has 2 heterocycles. The molecular formula is C17H21N3O3. The van der Waals surface area contributed by atoms with Crippen molar-refractivity contribution in [3.8, 4) is 0 Å². The molecule has 1 aromatic carbocycles. The number of H-pyrrole nitrogens is 1. The van der Waals surface area contributed by atoms with Gasteiger partial charge in [-0.25, -0.2) is 4.79 Å². The van der Waals surface area contributed by atoms with E-state index in [0.29, 0.717) is 32.7 Å². The number of nitrogens with zero attached hydrogens (tertiary/aromatic N) is 1. The summed E-state index contributed by atoms with van der Waals surface area (Å²) in [6.07, 6.45) is 2.35. The van der Waals surface area contributed by atoms with Crippen molar-refractivity contribution < 1.29 is 14.3 Å². The van der Waals surface area contributed by atoms with E-state index in [-0.39, 0.29) is 17.9 Å². The Balaban J connectivity index is 1.50. The molecule has 1 aliphatic rings. The minimum absolute atomic E-state index is 0.00263. The van der Waals surface area contributed by atoms with Crippen molar-refractivity contribution in [1.82, 2.24) is 15.2 Å². The van der Waals surface area contributed by atoms with Crippen LogP contribution in [0.4, 0.5) is 4.79 Å². The fourth-order valence-electron chi connectivity index (χ4n) is 2.84. The van der Waals surface area contributed by atoms with Crippen molar-refractivity contribution in [1.29, 1.82) is 0 Å². The molecule has 122 valence electrons. The van der Waals surface area contributed by atoms with E-state index in [1.54, 1.807) is 4.90 Å². The molecular weight excluding hydrogens is 294 g/mol. The van der Waals surface area contributed by atoms with Crippen molar-refractivity contribution in [3.63, 3.8) is 0 Å². The van der Waals surface area contributed by atoms with Crippen molar-refractivity contribution >= 4 is 22.9 Å². The van der Waals surface area contributed by atoms with E-state index in [1.807, 2.05) is 31.3 Å². The third-order valence-electron chi connectivity index (χ3n) is 4.17. The van der Waals surface area contributed by atoms with Gasteiger partial charge in [-0.05, 0) is 18.1 Å². The van der Waals surface area contributed by atoms with Gasteiger partial charge in [-0.3, -0.25) is 4.79 Å². The zero-order valence-corrected chi connectivity index (χ0v) is 13.2. The van der Waals surface area contributed by atoms with Crippen LogP contribution in [0.5, 0.6) is 0 Å². The smallest absolute Gasteiger partial charge is 0.409 e.